The molecule has 33 heavy (non-hydrogen) atoms. The predicted molar refractivity (Wildman–Crippen MR) is 128 cm³/mol. The number of benzene rings is 2. The van der Waals surface area contributed by atoms with Crippen LogP contribution in [0.25, 0.3) is 5.69 Å². The van der Waals surface area contributed by atoms with E-state index in [1.807, 2.05) is 36.6 Å². The molecule has 9 heteroatoms. The maximum absolute atomic E-state index is 13.0. The van der Waals surface area contributed by atoms with E-state index >= 15 is 0 Å². The molecule has 8 nitrogen and oxygen atoms in total. The number of ketones is 1. The molecule has 3 heterocycles. The number of nitrogens with one attached hydrogen (secondary N) is 1. The van der Waals surface area contributed by atoms with Gasteiger partial charge in [0.1, 0.15) is 0 Å². The average Bonchev–Trinajstić information content (AvgIpc) is 3.39. The number of thioether (sulfide) groups is 1. The molecule has 170 valence electrons. The van der Waals surface area contributed by atoms with Gasteiger partial charge in [-0.1, -0.05) is 29.5 Å². The first-order valence-corrected chi connectivity index (χ1v) is 12.0. The monoisotopic (exact) mass is 463 g/mol. The summed E-state index contributed by atoms with van der Waals surface area (Å²) in [5.41, 5.74) is 4.37. The number of fused-ring (bicyclic) bond motifs is 1. The van der Waals surface area contributed by atoms with Gasteiger partial charge in [0.05, 0.1) is 30.6 Å². The van der Waals surface area contributed by atoms with Crippen LogP contribution in [-0.2, 0) is 9.53 Å². The van der Waals surface area contributed by atoms with Gasteiger partial charge in [0, 0.05) is 24.3 Å². The first-order chi connectivity index (χ1) is 16.0. The molecule has 0 aliphatic carbocycles. The number of hydrogen-bond acceptors (Lipinski definition) is 7. The van der Waals surface area contributed by atoms with E-state index < -0.39 is 0 Å². The lowest BCUT2D eigenvalue weighted by Crippen LogP contribution is -2.37. The Hall–Kier alpha value is -3.17. The molecule has 1 atom stereocenters. The Labute approximate surface area is 196 Å². The highest BCUT2D eigenvalue weighted by Gasteiger charge is 2.27. The molecule has 3 aromatic rings. The first kappa shape index (κ1) is 21.7. The van der Waals surface area contributed by atoms with Crippen molar-refractivity contribution >= 4 is 35.1 Å². The van der Waals surface area contributed by atoms with E-state index in [2.05, 4.69) is 32.5 Å². The van der Waals surface area contributed by atoms with Gasteiger partial charge in [0.25, 0.3) is 0 Å². The fourth-order valence-electron chi connectivity index (χ4n) is 4.05. The van der Waals surface area contributed by atoms with Crippen LogP contribution in [0, 0.1) is 6.92 Å². The fourth-order valence-corrected chi connectivity index (χ4v) is 4.89. The van der Waals surface area contributed by atoms with Crippen LogP contribution in [0.2, 0.25) is 0 Å². The molecule has 1 aromatic heterocycles. The van der Waals surface area contributed by atoms with Gasteiger partial charge in [-0.15, -0.1) is 10.2 Å². The van der Waals surface area contributed by atoms with Crippen molar-refractivity contribution in [3.63, 3.8) is 0 Å². The largest absolute Gasteiger partial charge is 0.378 e. The van der Waals surface area contributed by atoms with Crippen LogP contribution in [0.3, 0.4) is 0 Å². The van der Waals surface area contributed by atoms with E-state index in [-0.39, 0.29) is 23.4 Å². The number of carbonyl (C=O) groups excluding carboxylic acids is 2. The fraction of sp³-hybridized carbons (Fsp3) is 0.333. The van der Waals surface area contributed by atoms with Gasteiger partial charge in [0.2, 0.25) is 11.9 Å². The Kier molecular flexibility index (Phi) is 5.90. The van der Waals surface area contributed by atoms with Crippen LogP contribution in [0.4, 0.5) is 11.6 Å². The molecule has 1 amide bonds. The normalized spacial score (nSPS) is 17.7. The van der Waals surface area contributed by atoms with Crippen LogP contribution in [0.15, 0.2) is 47.6 Å². The second-order valence-corrected chi connectivity index (χ2v) is 9.22. The maximum Gasteiger partial charge on any atom is 0.232 e. The zero-order valence-electron chi connectivity index (χ0n) is 18.6. The highest BCUT2D eigenvalue weighted by atomic mass is 32.2. The number of nitrogens with zero attached hydrogens (tertiary/aromatic N) is 4. The summed E-state index contributed by atoms with van der Waals surface area (Å²) in [5, 5.41) is 12.4. The van der Waals surface area contributed by atoms with E-state index in [4.69, 9.17) is 4.74 Å². The number of anilines is 2. The van der Waals surface area contributed by atoms with Crippen molar-refractivity contribution < 1.29 is 14.3 Å². The minimum atomic E-state index is -0.249. The summed E-state index contributed by atoms with van der Waals surface area (Å²) < 4.78 is 7.50. The standard InChI is InChI=1S/C24H25N5O3S/c1-15-3-6-18(7-4-15)29-23(28-9-11-32-12-10-28)26-27-24(29)33-14-21(30)17-5-8-20-19(13-17)16(2)22(31)25-20/h3-8,13,16H,9-12,14H2,1-2H3,(H,25,31). The maximum atomic E-state index is 13.0. The van der Waals surface area contributed by atoms with Crippen molar-refractivity contribution in [2.24, 2.45) is 0 Å². The lowest BCUT2D eigenvalue weighted by atomic mass is 9.99. The van der Waals surface area contributed by atoms with Gasteiger partial charge in [0.15, 0.2) is 10.9 Å². The average molecular weight is 464 g/mol. The van der Waals surface area contributed by atoms with Crippen molar-refractivity contribution in [1.82, 2.24) is 14.8 Å². The SMILES string of the molecule is Cc1ccc(-n2c(SCC(=O)c3ccc4c(c3)C(C)C(=O)N4)nnc2N2CCOCC2)cc1. The molecule has 1 N–H and O–H groups in total. The molecular weight excluding hydrogens is 438 g/mol. The molecule has 2 aromatic carbocycles. The Bertz CT molecular complexity index is 1200. The number of morpholine rings is 1. The van der Waals surface area contributed by atoms with Crippen LogP contribution >= 0.6 is 11.8 Å². The molecule has 0 bridgehead atoms. The number of Topliss-reactive ketones (excluding diaryl/α,β-unsaturated/α-hetero) is 1. The summed E-state index contributed by atoms with van der Waals surface area (Å²) in [4.78, 5) is 27.1. The van der Waals surface area contributed by atoms with Crippen molar-refractivity contribution in [3.05, 3.63) is 59.2 Å². The molecule has 1 unspecified atom stereocenters. The van der Waals surface area contributed by atoms with Crippen molar-refractivity contribution in [3.8, 4) is 5.69 Å². The third-order valence-corrected chi connectivity index (χ3v) is 6.95. The molecule has 1 saturated heterocycles. The number of carbonyl (C=O) groups is 2. The number of ether oxygens (including phenoxy) is 1. The van der Waals surface area contributed by atoms with E-state index in [1.165, 1.54) is 17.3 Å². The van der Waals surface area contributed by atoms with Crippen molar-refractivity contribution in [2.75, 3.05) is 42.3 Å². The zero-order valence-corrected chi connectivity index (χ0v) is 19.4. The molecule has 2 aliphatic heterocycles. The van der Waals surface area contributed by atoms with E-state index in [0.717, 1.165) is 36.0 Å². The highest BCUT2D eigenvalue weighted by Crippen LogP contribution is 2.33. The van der Waals surface area contributed by atoms with Gasteiger partial charge >= 0.3 is 0 Å². The Morgan fingerprint density at radius 2 is 1.91 bits per heavy atom. The van der Waals surface area contributed by atoms with Gasteiger partial charge in [-0.05, 0) is 49.7 Å². The summed E-state index contributed by atoms with van der Waals surface area (Å²) in [6.45, 7) is 6.68. The summed E-state index contributed by atoms with van der Waals surface area (Å²) in [5.74, 6) is 0.683. The lowest BCUT2D eigenvalue weighted by Gasteiger charge is -2.28. The third kappa shape index (κ3) is 4.26. The van der Waals surface area contributed by atoms with Gasteiger partial charge < -0.3 is 15.0 Å². The Balaban J connectivity index is 1.39. The summed E-state index contributed by atoms with van der Waals surface area (Å²) >= 11 is 1.37. The molecule has 0 spiro atoms. The second-order valence-electron chi connectivity index (χ2n) is 8.28. The summed E-state index contributed by atoms with van der Waals surface area (Å²) in [6.07, 6.45) is 0. The molecule has 1 fully saturated rings. The molecule has 0 saturated carbocycles. The molecule has 0 radical (unpaired) electrons. The number of aromatic nitrogens is 3. The quantitative estimate of drug-likeness (QED) is 0.442. The number of rotatable bonds is 6. The Morgan fingerprint density at radius 3 is 2.67 bits per heavy atom. The molecule has 2 aliphatic rings. The second kappa shape index (κ2) is 8.99. The van der Waals surface area contributed by atoms with Crippen molar-refractivity contribution in [2.45, 2.75) is 24.9 Å². The first-order valence-electron chi connectivity index (χ1n) is 11.0. The number of amides is 1. The van der Waals surface area contributed by atoms with Crippen LogP contribution in [-0.4, -0.2) is 58.5 Å². The van der Waals surface area contributed by atoms with Crippen LogP contribution in [0.1, 0.15) is 34.3 Å². The van der Waals surface area contributed by atoms with Gasteiger partial charge in [-0.2, -0.15) is 0 Å². The lowest BCUT2D eigenvalue weighted by molar-refractivity contribution is -0.116. The minimum absolute atomic E-state index is 0.0132. The topological polar surface area (TPSA) is 89.3 Å². The van der Waals surface area contributed by atoms with Crippen molar-refractivity contribution in [1.29, 1.82) is 0 Å². The molecular formula is C24H25N5O3S. The van der Waals surface area contributed by atoms with Crippen LogP contribution < -0.4 is 10.2 Å². The van der Waals surface area contributed by atoms with E-state index in [0.29, 0.717) is 23.9 Å². The van der Waals surface area contributed by atoms with E-state index in [9.17, 15) is 9.59 Å². The number of hydrogen-bond donors (Lipinski definition) is 1. The third-order valence-electron chi connectivity index (χ3n) is 6.03. The highest BCUT2D eigenvalue weighted by molar-refractivity contribution is 7.99. The predicted octanol–water partition coefficient (Wildman–Crippen LogP) is 3.44. The summed E-state index contributed by atoms with van der Waals surface area (Å²) in [6, 6.07) is 13.6. The zero-order chi connectivity index (χ0) is 22.9. The minimum Gasteiger partial charge on any atom is -0.378 e. The summed E-state index contributed by atoms with van der Waals surface area (Å²) in [7, 11) is 0. The molecule has 5 rings (SSSR count). The Morgan fingerprint density at radius 1 is 1.15 bits per heavy atom. The van der Waals surface area contributed by atoms with E-state index in [1.54, 1.807) is 12.1 Å². The number of aryl methyl sites for hydroxylation is 1. The van der Waals surface area contributed by atoms with Crippen LogP contribution in [0.5, 0.6) is 0 Å². The van der Waals surface area contributed by atoms with Gasteiger partial charge in [-0.25, -0.2) is 0 Å². The van der Waals surface area contributed by atoms with Gasteiger partial charge in [-0.3, -0.25) is 14.2 Å². The smallest absolute Gasteiger partial charge is 0.232 e.